The lowest BCUT2D eigenvalue weighted by Crippen LogP contribution is -2.42. The molecule has 6 heteroatoms. The Morgan fingerprint density at radius 3 is 2.03 bits per heavy atom. The molecule has 154 valence electrons. The van der Waals surface area contributed by atoms with Crippen LogP contribution >= 0.6 is 0 Å². The molecule has 3 rings (SSSR count). The Bertz CT molecular complexity index is 1000. The van der Waals surface area contributed by atoms with Crippen molar-refractivity contribution in [1.82, 2.24) is 5.32 Å². The van der Waals surface area contributed by atoms with Crippen molar-refractivity contribution in [3.8, 4) is 11.1 Å². The maximum atomic E-state index is 12.6. The van der Waals surface area contributed by atoms with E-state index in [9.17, 15) is 13.8 Å². The van der Waals surface area contributed by atoms with E-state index in [1.54, 1.807) is 24.3 Å². The molecule has 1 N–H and O–H groups in total. The van der Waals surface area contributed by atoms with Crippen LogP contribution in [-0.4, -0.2) is 35.0 Å². The largest absolute Gasteiger partial charge is 0.467 e. The van der Waals surface area contributed by atoms with Crippen LogP contribution in [-0.2, 0) is 20.3 Å². The zero-order chi connectivity index (χ0) is 21.3. The van der Waals surface area contributed by atoms with Gasteiger partial charge in [0.2, 0.25) is 0 Å². The lowest BCUT2D eigenvalue weighted by Gasteiger charge is -2.16. The van der Waals surface area contributed by atoms with Crippen LogP contribution in [0.15, 0.2) is 89.8 Å². The second-order valence-corrected chi connectivity index (χ2v) is 8.21. The molecule has 3 aromatic rings. The van der Waals surface area contributed by atoms with Crippen molar-refractivity contribution in [2.75, 3.05) is 12.9 Å². The van der Waals surface area contributed by atoms with Crippen LogP contribution in [0.25, 0.3) is 11.1 Å². The molecule has 0 radical (unpaired) electrons. The van der Waals surface area contributed by atoms with Gasteiger partial charge in [0.15, 0.2) is 0 Å². The second kappa shape index (κ2) is 10.5. The first-order valence-corrected chi connectivity index (χ1v) is 10.9. The number of carbonyl (C=O) groups is 2. The van der Waals surface area contributed by atoms with E-state index in [4.69, 9.17) is 4.74 Å². The van der Waals surface area contributed by atoms with Crippen molar-refractivity contribution in [1.29, 1.82) is 0 Å². The molecule has 1 amide bonds. The van der Waals surface area contributed by atoms with E-state index in [2.05, 4.69) is 5.32 Å². The predicted octanol–water partition coefficient (Wildman–Crippen LogP) is 3.82. The van der Waals surface area contributed by atoms with Crippen LogP contribution in [0.5, 0.6) is 0 Å². The summed E-state index contributed by atoms with van der Waals surface area (Å²) < 4.78 is 17.2. The van der Waals surface area contributed by atoms with E-state index < -0.39 is 22.8 Å². The number of methoxy groups -OCH3 is 1. The Kier molecular flexibility index (Phi) is 7.51. The molecule has 30 heavy (non-hydrogen) atoms. The Hall–Kier alpha value is -3.25. The number of hydrogen-bond donors (Lipinski definition) is 1. The third-order valence-electron chi connectivity index (χ3n) is 4.64. The average Bonchev–Trinajstić information content (AvgIpc) is 2.82. The Morgan fingerprint density at radius 2 is 1.43 bits per heavy atom. The molecule has 0 aliphatic heterocycles. The molecule has 0 saturated heterocycles. The first-order chi connectivity index (χ1) is 14.6. The van der Waals surface area contributed by atoms with Gasteiger partial charge in [0.1, 0.15) is 6.04 Å². The number of benzene rings is 3. The fraction of sp³-hybridized carbons (Fsp3) is 0.167. The number of nitrogens with one attached hydrogen (secondary N) is 1. The Morgan fingerprint density at radius 1 is 0.867 bits per heavy atom. The van der Waals surface area contributed by atoms with E-state index >= 15 is 0 Å². The van der Waals surface area contributed by atoms with Crippen LogP contribution < -0.4 is 5.32 Å². The lowest BCUT2D eigenvalue weighted by molar-refractivity contribution is -0.142. The molecule has 2 atom stereocenters. The van der Waals surface area contributed by atoms with Gasteiger partial charge in [0, 0.05) is 16.2 Å². The summed E-state index contributed by atoms with van der Waals surface area (Å²) in [5, 5.41) is 2.70. The molecule has 3 aromatic carbocycles. The van der Waals surface area contributed by atoms with Gasteiger partial charge in [0.25, 0.3) is 5.91 Å². The van der Waals surface area contributed by atoms with Crippen molar-refractivity contribution in [2.45, 2.75) is 17.4 Å². The maximum Gasteiger partial charge on any atom is 0.328 e. The van der Waals surface area contributed by atoms with E-state index in [1.807, 2.05) is 60.7 Å². The van der Waals surface area contributed by atoms with Gasteiger partial charge in [-0.1, -0.05) is 60.7 Å². The van der Waals surface area contributed by atoms with Crippen molar-refractivity contribution in [3.63, 3.8) is 0 Å². The summed E-state index contributed by atoms with van der Waals surface area (Å²) in [7, 11) is 0.00294. The third-order valence-corrected chi connectivity index (χ3v) is 6.05. The highest BCUT2D eigenvalue weighted by atomic mass is 32.2. The third kappa shape index (κ3) is 5.64. The first kappa shape index (κ1) is 21.5. The highest BCUT2D eigenvalue weighted by molar-refractivity contribution is 7.85. The van der Waals surface area contributed by atoms with Crippen LogP contribution in [0.4, 0.5) is 0 Å². The van der Waals surface area contributed by atoms with E-state index in [-0.39, 0.29) is 18.1 Å². The molecule has 0 spiro atoms. The highest BCUT2D eigenvalue weighted by Gasteiger charge is 2.23. The summed E-state index contributed by atoms with van der Waals surface area (Å²) in [6.07, 6.45) is 0.210. The normalized spacial score (nSPS) is 12.6. The smallest absolute Gasteiger partial charge is 0.328 e. The van der Waals surface area contributed by atoms with E-state index in [1.165, 1.54) is 7.11 Å². The minimum Gasteiger partial charge on any atom is -0.467 e. The molecule has 0 saturated carbocycles. The first-order valence-electron chi connectivity index (χ1n) is 9.56. The van der Waals surface area contributed by atoms with Gasteiger partial charge in [-0.15, -0.1) is 0 Å². The summed E-state index contributed by atoms with van der Waals surface area (Å²) >= 11 is 0. The predicted molar refractivity (Wildman–Crippen MR) is 117 cm³/mol. The van der Waals surface area contributed by atoms with Crippen molar-refractivity contribution in [2.24, 2.45) is 0 Å². The monoisotopic (exact) mass is 421 g/mol. The van der Waals surface area contributed by atoms with Crippen LogP contribution in [0.3, 0.4) is 0 Å². The van der Waals surface area contributed by atoms with Crippen LogP contribution in [0.1, 0.15) is 16.8 Å². The molecule has 0 aliphatic rings. The Labute approximate surface area is 178 Å². The minimum absolute atomic E-state index is 0.210. The topological polar surface area (TPSA) is 72.5 Å². The van der Waals surface area contributed by atoms with Crippen LogP contribution in [0, 0.1) is 0 Å². The SMILES string of the molecule is COC(=O)[C@@H](CC[S@](=O)c1ccccc1)NC(=O)c1ccc(-c2ccccc2)cc1. The lowest BCUT2D eigenvalue weighted by atomic mass is 10.0. The van der Waals surface area contributed by atoms with Gasteiger partial charge < -0.3 is 10.1 Å². The quantitative estimate of drug-likeness (QED) is 0.561. The summed E-state index contributed by atoms with van der Waals surface area (Å²) in [5.41, 5.74) is 2.49. The molecule has 0 heterocycles. The van der Waals surface area contributed by atoms with Gasteiger partial charge in [-0.05, 0) is 41.8 Å². The van der Waals surface area contributed by atoms with E-state index in [0.717, 1.165) is 11.1 Å². The summed E-state index contributed by atoms with van der Waals surface area (Å²) in [4.78, 5) is 25.5. The Balaban J connectivity index is 1.65. The van der Waals surface area contributed by atoms with Gasteiger partial charge in [-0.25, -0.2) is 4.79 Å². The van der Waals surface area contributed by atoms with Gasteiger partial charge in [-0.3, -0.25) is 9.00 Å². The zero-order valence-corrected chi connectivity index (χ0v) is 17.4. The molecule has 0 aliphatic carbocycles. The number of hydrogen-bond acceptors (Lipinski definition) is 4. The summed E-state index contributed by atoms with van der Waals surface area (Å²) in [5.74, 6) is -0.707. The van der Waals surface area contributed by atoms with Gasteiger partial charge in [-0.2, -0.15) is 0 Å². The maximum absolute atomic E-state index is 12.6. The molecule has 0 fully saturated rings. The van der Waals surface area contributed by atoms with Crippen molar-refractivity contribution in [3.05, 3.63) is 90.5 Å². The minimum atomic E-state index is -1.27. The van der Waals surface area contributed by atoms with Crippen molar-refractivity contribution >= 4 is 22.7 Å². The van der Waals surface area contributed by atoms with Crippen molar-refractivity contribution < 1.29 is 18.5 Å². The number of esters is 1. The molecule has 0 bridgehead atoms. The fourth-order valence-corrected chi connectivity index (χ4v) is 4.14. The standard InChI is InChI=1S/C24H23NO4S/c1-29-24(27)22(16-17-30(28)21-10-6-3-7-11-21)25-23(26)20-14-12-19(13-15-20)18-8-4-2-5-9-18/h2-15,22H,16-17H2,1H3,(H,25,26)/t22-,30+/m1/s1. The second-order valence-electron chi connectivity index (χ2n) is 6.64. The average molecular weight is 422 g/mol. The number of carbonyl (C=O) groups excluding carboxylic acids is 2. The van der Waals surface area contributed by atoms with E-state index in [0.29, 0.717) is 10.5 Å². The van der Waals surface area contributed by atoms with Gasteiger partial charge >= 0.3 is 5.97 Å². The zero-order valence-electron chi connectivity index (χ0n) is 16.6. The molecular formula is C24H23NO4S. The number of amides is 1. The highest BCUT2D eigenvalue weighted by Crippen LogP contribution is 2.19. The molecular weight excluding hydrogens is 398 g/mol. The summed E-state index contributed by atoms with van der Waals surface area (Å²) in [6, 6.07) is 25.2. The number of ether oxygens (including phenoxy) is 1. The van der Waals surface area contributed by atoms with Gasteiger partial charge in [0.05, 0.1) is 17.9 Å². The molecule has 0 unspecified atom stereocenters. The fourth-order valence-electron chi connectivity index (χ4n) is 2.99. The summed E-state index contributed by atoms with van der Waals surface area (Å²) in [6.45, 7) is 0. The molecule has 5 nitrogen and oxygen atoms in total. The van der Waals surface area contributed by atoms with Crippen LogP contribution in [0.2, 0.25) is 0 Å². The number of rotatable bonds is 8. The molecule has 0 aromatic heterocycles.